The fourth-order valence-corrected chi connectivity index (χ4v) is 3.36. The number of hydrogen-bond donors (Lipinski definition) is 2. The number of aliphatic hydroxyl groups is 2. The number of carbonyl (C=O) groups excluding carboxylic acids is 1. The van der Waals surface area contributed by atoms with Crippen LogP contribution < -0.4 is 4.74 Å². The van der Waals surface area contributed by atoms with Gasteiger partial charge in [-0.3, -0.25) is 4.79 Å². The molecule has 2 N–H and O–H groups in total. The van der Waals surface area contributed by atoms with E-state index in [1.807, 2.05) is 0 Å². The molecule has 1 aromatic carbocycles. The first-order chi connectivity index (χ1) is 10.9. The van der Waals surface area contributed by atoms with Gasteiger partial charge in [-0.05, 0) is 30.2 Å². The Balaban J connectivity index is 1.88. The molecule has 8 nitrogen and oxygen atoms in total. The Morgan fingerprint density at radius 1 is 1.26 bits per heavy atom. The van der Waals surface area contributed by atoms with Crippen LogP contribution in [-0.4, -0.2) is 55.7 Å². The summed E-state index contributed by atoms with van der Waals surface area (Å²) in [5, 5.41) is 28.2. The van der Waals surface area contributed by atoms with Crippen LogP contribution in [0.1, 0.15) is 31.9 Å². The standard InChI is InChI=1S/C15H17N3O5/c1-15(2)14(21)13(18-6-7(19)3-12(18)20)8-4-9-10(17-23-16-9)5-11(8)22-15/h4-5,7,13-14,19,21H,3,6H2,1-2H3. The van der Waals surface area contributed by atoms with Gasteiger partial charge in [0.05, 0.1) is 18.6 Å². The van der Waals surface area contributed by atoms with Crippen LogP contribution in [0.5, 0.6) is 5.75 Å². The second-order valence-electron chi connectivity index (χ2n) is 6.64. The molecule has 23 heavy (non-hydrogen) atoms. The van der Waals surface area contributed by atoms with Gasteiger partial charge in [-0.1, -0.05) is 0 Å². The molecule has 2 aliphatic rings. The van der Waals surface area contributed by atoms with Gasteiger partial charge in [0.1, 0.15) is 28.5 Å². The van der Waals surface area contributed by atoms with Crippen molar-refractivity contribution in [3.8, 4) is 5.75 Å². The van der Waals surface area contributed by atoms with Crippen LogP contribution >= 0.6 is 0 Å². The largest absolute Gasteiger partial charge is 0.485 e. The minimum absolute atomic E-state index is 0.0631. The minimum Gasteiger partial charge on any atom is -0.485 e. The number of likely N-dealkylation sites (tertiary alicyclic amines) is 1. The van der Waals surface area contributed by atoms with Crippen molar-refractivity contribution in [2.24, 2.45) is 0 Å². The van der Waals surface area contributed by atoms with Gasteiger partial charge >= 0.3 is 0 Å². The SMILES string of the molecule is CC1(C)Oc2cc3nonc3cc2C(N2CC(O)CC2=O)C1O. The topological polar surface area (TPSA) is 109 Å². The predicted molar refractivity (Wildman–Crippen MR) is 77.6 cm³/mol. The highest BCUT2D eigenvalue weighted by molar-refractivity contribution is 5.81. The van der Waals surface area contributed by atoms with Crippen molar-refractivity contribution in [3.05, 3.63) is 17.7 Å². The van der Waals surface area contributed by atoms with Crippen LogP contribution in [-0.2, 0) is 4.79 Å². The van der Waals surface area contributed by atoms with Crippen LogP contribution in [0.15, 0.2) is 16.8 Å². The summed E-state index contributed by atoms with van der Waals surface area (Å²) in [5.74, 6) is 0.339. The van der Waals surface area contributed by atoms with Crippen molar-refractivity contribution < 1.29 is 24.4 Å². The van der Waals surface area contributed by atoms with Crippen molar-refractivity contribution >= 4 is 16.9 Å². The molecule has 1 aromatic heterocycles. The summed E-state index contributed by atoms with van der Waals surface area (Å²) in [6.07, 6.45) is -1.60. The molecule has 0 radical (unpaired) electrons. The number of benzene rings is 1. The molecule has 4 rings (SSSR count). The van der Waals surface area contributed by atoms with Gasteiger partial charge in [0, 0.05) is 18.2 Å². The Morgan fingerprint density at radius 3 is 2.61 bits per heavy atom. The molecule has 3 unspecified atom stereocenters. The van der Waals surface area contributed by atoms with Crippen molar-refractivity contribution in [1.29, 1.82) is 0 Å². The number of rotatable bonds is 1. The molecule has 1 saturated heterocycles. The van der Waals surface area contributed by atoms with E-state index in [1.165, 1.54) is 4.90 Å². The number of carbonyl (C=O) groups is 1. The summed E-state index contributed by atoms with van der Waals surface area (Å²) in [5.41, 5.74) is 0.817. The first-order valence-corrected chi connectivity index (χ1v) is 7.47. The maximum atomic E-state index is 12.2. The third-order valence-electron chi connectivity index (χ3n) is 4.56. The number of β-amino-alcohol motifs (C(OH)–C–C–N with tert-alkyl or cyclic N) is 1. The Labute approximate surface area is 131 Å². The molecular formula is C15H17N3O5. The van der Waals surface area contributed by atoms with Gasteiger partial charge in [0.2, 0.25) is 5.91 Å². The summed E-state index contributed by atoms with van der Waals surface area (Å²) in [6, 6.07) is 2.79. The first kappa shape index (κ1) is 14.4. The quantitative estimate of drug-likeness (QED) is 0.782. The normalized spacial score (nSPS) is 29.7. The molecular weight excluding hydrogens is 302 g/mol. The van der Waals surface area contributed by atoms with Crippen LogP contribution in [0.3, 0.4) is 0 Å². The maximum Gasteiger partial charge on any atom is 0.225 e. The Kier molecular flexibility index (Phi) is 2.91. The molecule has 1 fully saturated rings. The summed E-state index contributed by atoms with van der Waals surface area (Å²) in [4.78, 5) is 13.7. The number of amides is 1. The molecule has 122 valence electrons. The molecule has 1 amide bonds. The Bertz CT molecular complexity index is 787. The molecule has 0 spiro atoms. The lowest BCUT2D eigenvalue weighted by atomic mass is 9.85. The predicted octanol–water partition coefficient (Wildman–Crippen LogP) is 0.389. The second kappa shape index (κ2) is 4.65. The van der Waals surface area contributed by atoms with Gasteiger partial charge < -0.3 is 19.8 Å². The maximum absolute atomic E-state index is 12.2. The van der Waals surface area contributed by atoms with Crippen LogP contribution in [0.25, 0.3) is 11.0 Å². The van der Waals surface area contributed by atoms with Gasteiger partial charge in [-0.2, -0.15) is 0 Å². The van der Waals surface area contributed by atoms with E-state index in [2.05, 4.69) is 10.3 Å². The van der Waals surface area contributed by atoms with Gasteiger partial charge in [0.25, 0.3) is 0 Å². The third kappa shape index (κ3) is 2.09. The van der Waals surface area contributed by atoms with E-state index in [-0.39, 0.29) is 18.9 Å². The number of ether oxygens (including phenoxy) is 1. The monoisotopic (exact) mass is 319 g/mol. The lowest BCUT2D eigenvalue weighted by molar-refractivity contribution is -0.139. The van der Waals surface area contributed by atoms with Gasteiger partial charge in [-0.25, -0.2) is 4.63 Å². The van der Waals surface area contributed by atoms with Gasteiger partial charge in [-0.15, -0.1) is 0 Å². The lowest BCUT2D eigenvalue weighted by Crippen LogP contribution is -2.54. The van der Waals surface area contributed by atoms with Crippen LogP contribution in [0.2, 0.25) is 0 Å². The molecule has 2 aliphatic heterocycles. The fourth-order valence-electron chi connectivity index (χ4n) is 3.36. The van der Waals surface area contributed by atoms with Crippen molar-refractivity contribution in [2.45, 2.75) is 44.1 Å². The van der Waals surface area contributed by atoms with E-state index in [9.17, 15) is 15.0 Å². The van der Waals surface area contributed by atoms with Crippen molar-refractivity contribution in [3.63, 3.8) is 0 Å². The molecule has 0 saturated carbocycles. The molecule has 0 bridgehead atoms. The zero-order valence-electron chi connectivity index (χ0n) is 12.8. The number of fused-ring (bicyclic) bond motifs is 2. The van der Waals surface area contributed by atoms with Crippen molar-refractivity contribution in [2.75, 3.05) is 6.54 Å². The number of aromatic nitrogens is 2. The molecule has 3 atom stereocenters. The van der Waals surface area contributed by atoms with E-state index in [1.54, 1.807) is 26.0 Å². The van der Waals surface area contributed by atoms with E-state index in [0.29, 0.717) is 22.3 Å². The fraction of sp³-hybridized carbons (Fsp3) is 0.533. The molecule has 3 heterocycles. The highest BCUT2D eigenvalue weighted by atomic mass is 16.6. The zero-order valence-corrected chi connectivity index (χ0v) is 12.8. The summed E-state index contributed by atoms with van der Waals surface area (Å²) >= 11 is 0. The number of aliphatic hydroxyl groups excluding tert-OH is 2. The summed E-state index contributed by atoms with van der Waals surface area (Å²) in [7, 11) is 0. The third-order valence-corrected chi connectivity index (χ3v) is 4.56. The van der Waals surface area contributed by atoms with Crippen molar-refractivity contribution in [1.82, 2.24) is 15.2 Å². The summed E-state index contributed by atoms with van der Waals surface area (Å²) < 4.78 is 10.6. The van der Waals surface area contributed by atoms with E-state index >= 15 is 0 Å². The molecule has 8 heteroatoms. The minimum atomic E-state index is -0.943. The average Bonchev–Trinajstić information content (AvgIpc) is 3.04. The highest BCUT2D eigenvalue weighted by Crippen LogP contribution is 2.45. The van der Waals surface area contributed by atoms with E-state index in [4.69, 9.17) is 9.37 Å². The second-order valence-corrected chi connectivity index (χ2v) is 6.64. The van der Waals surface area contributed by atoms with Crippen LogP contribution in [0, 0.1) is 0 Å². The Morgan fingerprint density at radius 2 is 1.96 bits per heavy atom. The average molecular weight is 319 g/mol. The number of nitrogens with zero attached hydrogens (tertiary/aromatic N) is 3. The van der Waals surface area contributed by atoms with Crippen LogP contribution in [0.4, 0.5) is 0 Å². The molecule has 2 aromatic rings. The van der Waals surface area contributed by atoms with E-state index < -0.39 is 23.9 Å². The zero-order chi connectivity index (χ0) is 16.4. The smallest absolute Gasteiger partial charge is 0.225 e. The highest BCUT2D eigenvalue weighted by Gasteiger charge is 2.48. The lowest BCUT2D eigenvalue weighted by Gasteiger charge is -2.45. The number of hydrogen-bond acceptors (Lipinski definition) is 7. The first-order valence-electron chi connectivity index (χ1n) is 7.47. The van der Waals surface area contributed by atoms with E-state index in [0.717, 1.165) is 0 Å². The summed E-state index contributed by atoms with van der Waals surface area (Å²) in [6.45, 7) is 3.71. The Hall–Kier alpha value is -2.19. The molecule has 0 aliphatic carbocycles. The van der Waals surface area contributed by atoms with Gasteiger partial charge in [0.15, 0.2) is 0 Å².